The van der Waals surface area contributed by atoms with Gasteiger partial charge in [0.05, 0.1) is 0 Å². The second kappa shape index (κ2) is 44.2. The maximum absolute atomic E-state index is 7.39. The third-order valence-corrected chi connectivity index (χ3v) is 11.0. The first kappa shape index (κ1) is 20.9. The molecule has 6 saturated carbocycles. The van der Waals surface area contributed by atoms with Crippen molar-refractivity contribution in [2.24, 2.45) is 75.9 Å². The first-order chi connectivity index (χ1) is 45.8. The lowest BCUT2D eigenvalue weighted by atomic mass is 9.52. The van der Waals surface area contributed by atoms with Crippen molar-refractivity contribution in [3.8, 4) is 0 Å². The summed E-state index contributed by atoms with van der Waals surface area (Å²) in [6, 6.07) is 0. The Bertz CT molecular complexity index is 2110. The van der Waals surface area contributed by atoms with Gasteiger partial charge in [-0.2, -0.15) is 0 Å². The zero-order chi connectivity index (χ0) is 85.8. The molecule has 370 valence electrons. The molecule has 0 aromatic rings. The Balaban J connectivity index is -0.000000359. The second-order valence-corrected chi connectivity index (χ2v) is 17.6. The topological polar surface area (TPSA) is 0 Å². The Morgan fingerprint density at radius 2 is 0.983 bits per heavy atom. The van der Waals surface area contributed by atoms with Crippen LogP contribution in [0.15, 0.2) is 0 Å². The summed E-state index contributed by atoms with van der Waals surface area (Å²) in [4.78, 5) is 0. The van der Waals surface area contributed by atoms with E-state index in [0.29, 0.717) is 6.92 Å². The fourth-order valence-corrected chi connectivity index (χ4v) is 7.21. The van der Waals surface area contributed by atoms with Crippen LogP contribution in [-0.2, 0) is 0 Å². The molecule has 4 bridgehead atoms. The van der Waals surface area contributed by atoms with E-state index < -0.39 is 137 Å². The van der Waals surface area contributed by atoms with Crippen molar-refractivity contribution < 1.29 is 61.7 Å². The van der Waals surface area contributed by atoms with Crippen molar-refractivity contribution in [3.63, 3.8) is 0 Å². The average Bonchev–Trinajstić information content (AvgIpc) is 0.813. The number of hydrogen-bond donors (Lipinski definition) is 0. The van der Waals surface area contributed by atoms with Crippen LogP contribution in [0, 0.1) is 75.9 Å². The molecule has 6 rings (SSSR count). The molecule has 0 amide bonds. The van der Waals surface area contributed by atoms with E-state index in [9.17, 15) is 0 Å². The molecule has 0 atom stereocenters. The van der Waals surface area contributed by atoms with Gasteiger partial charge >= 0.3 is 0 Å². The Morgan fingerprint density at radius 1 is 0.550 bits per heavy atom. The molecular formula is C60H130. The van der Waals surface area contributed by atoms with E-state index in [1.54, 1.807) is 46.0 Å². The van der Waals surface area contributed by atoms with Crippen molar-refractivity contribution >= 4 is 0 Å². The van der Waals surface area contributed by atoms with Crippen LogP contribution in [0.2, 0.25) is 0 Å². The van der Waals surface area contributed by atoms with E-state index >= 15 is 0 Å². The number of rotatable bonds is 5. The van der Waals surface area contributed by atoms with Crippen molar-refractivity contribution in [1.29, 1.82) is 0 Å². The van der Waals surface area contributed by atoms with Crippen LogP contribution in [0.3, 0.4) is 0 Å². The second-order valence-electron chi connectivity index (χ2n) is 17.6. The molecule has 0 heterocycles. The molecule has 60 heavy (non-hydrogen) atoms. The first-order valence-corrected chi connectivity index (χ1v) is 23.3. The molecular weight excluding hydrogens is 721 g/mol. The van der Waals surface area contributed by atoms with Gasteiger partial charge in [-0.25, -0.2) is 0 Å². The Hall–Kier alpha value is 0. The van der Waals surface area contributed by atoms with Crippen LogP contribution in [0.1, 0.15) is 375 Å². The summed E-state index contributed by atoms with van der Waals surface area (Å²) in [6.07, 6.45) is 18.3. The van der Waals surface area contributed by atoms with Gasteiger partial charge in [0.25, 0.3) is 0 Å². The van der Waals surface area contributed by atoms with Gasteiger partial charge in [0.2, 0.25) is 0 Å². The maximum atomic E-state index is 7.39. The lowest BCUT2D eigenvalue weighted by Gasteiger charge is -2.53. The normalized spacial score (nSPS) is 37.3. The van der Waals surface area contributed by atoms with Gasteiger partial charge < -0.3 is 0 Å². The minimum atomic E-state index is -3.48. The van der Waals surface area contributed by atoms with Crippen LogP contribution >= 0.6 is 0 Å². The standard InChI is InChI=1S/C11H18.C7H14.C6H12.3C6H14.3C5H12.C3H8/c1-7-10-3-8-2-9(5-10)6-11(7)4-8;1-7-5-3-2-4-6-7;1-6-4-2-3-5-6;2*1-5-6(2,3)4;1-4-5-6(2)3;3*1-4-5(2)3;1-3-2/h7-11H,2-6H2,1H3;7H,2-6H2,1H3;6H,2-5H2,1H3;2*5H2,1-4H3;6H,4-5H2,1-3H3;3*5H,4H2,1-3H3;3H2,1-2H3/i;;;2D3,3D3,4D3,5D2;2D3,3D3,4D3;;2D3,3D3,4D2,5D;2D3,3D3,5D;2D3,3D3;1D3. The van der Waals surface area contributed by atoms with Gasteiger partial charge in [0, 0.05) is 61.7 Å². The van der Waals surface area contributed by atoms with Crippen molar-refractivity contribution in [1.82, 2.24) is 0 Å². The summed E-state index contributed by atoms with van der Waals surface area (Å²) < 4.78 is 317. The lowest BCUT2D eigenvalue weighted by molar-refractivity contribution is -0.0282. The van der Waals surface area contributed by atoms with E-state index in [-0.39, 0.29) is 19.3 Å². The zero-order valence-electron chi connectivity index (χ0n) is 85.8. The first-order valence-electron chi connectivity index (χ1n) is 45.8. The predicted octanol–water partition coefficient (Wildman–Crippen LogP) is 22.8. The molecule has 6 aliphatic rings. The van der Waals surface area contributed by atoms with Crippen LogP contribution in [0.4, 0.5) is 0 Å². The van der Waals surface area contributed by atoms with E-state index in [0.717, 1.165) is 54.3 Å². The average molecular weight is 897 g/mol. The third kappa shape index (κ3) is 56.0. The van der Waals surface area contributed by atoms with E-state index in [4.69, 9.17) is 61.7 Å². The van der Waals surface area contributed by atoms with Crippen molar-refractivity contribution in [2.45, 2.75) is 313 Å². The lowest BCUT2D eigenvalue weighted by Crippen LogP contribution is -2.43. The summed E-state index contributed by atoms with van der Waals surface area (Å²) in [5, 5.41) is 0. The molecule has 0 saturated heterocycles. The fourth-order valence-electron chi connectivity index (χ4n) is 7.21. The fraction of sp³-hybridized carbons (Fsp3) is 1.00. The highest BCUT2D eigenvalue weighted by Crippen LogP contribution is 2.56. The smallest absolute Gasteiger partial charge is 0.0297 e. The maximum Gasteiger partial charge on any atom is 0.0297 e. The van der Waals surface area contributed by atoms with Crippen LogP contribution in [-0.4, -0.2) is 0 Å². The summed E-state index contributed by atoms with van der Waals surface area (Å²) in [6.45, 7) is -16.6. The molecule has 0 radical (unpaired) electrons. The van der Waals surface area contributed by atoms with E-state index in [1.807, 2.05) is 0 Å². The van der Waals surface area contributed by atoms with E-state index in [2.05, 4.69) is 41.5 Å². The summed E-state index contributed by atoms with van der Waals surface area (Å²) in [7, 11) is 0. The minimum Gasteiger partial charge on any atom is -0.0656 e. The highest BCUT2D eigenvalue weighted by molar-refractivity contribution is 4.96. The Labute approximate surface area is 452 Å². The largest absolute Gasteiger partial charge is 0.0656 e. The van der Waals surface area contributed by atoms with Crippen LogP contribution in [0.25, 0.3) is 0 Å². The van der Waals surface area contributed by atoms with Crippen molar-refractivity contribution in [2.75, 3.05) is 0 Å². The summed E-state index contributed by atoms with van der Waals surface area (Å²) in [5.41, 5.74) is -6.06. The van der Waals surface area contributed by atoms with Gasteiger partial charge in [-0.15, -0.1) is 0 Å². The molecule has 0 heteroatoms. The van der Waals surface area contributed by atoms with Gasteiger partial charge in [0.1, 0.15) is 0 Å². The Morgan fingerprint density at radius 3 is 1.10 bits per heavy atom. The molecule has 0 N–H and O–H groups in total. The van der Waals surface area contributed by atoms with Gasteiger partial charge in [-0.1, -0.05) is 281 Å². The molecule has 0 spiro atoms. The predicted molar refractivity (Wildman–Crippen MR) is 287 cm³/mol. The third-order valence-electron chi connectivity index (χ3n) is 11.0. The molecule has 0 aliphatic heterocycles. The monoisotopic (exact) mass is 896 g/mol. The highest BCUT2D eigenvalue weighted by atomic mass is 14.5. The van der Waals surface area contributed by atoms with Crippen molar-refractivity contribution in [3.05, 3.63) is 0 Å². The molecule has 0 aromatic carbocycles. The van der Waals surface area contributed by atoms with Crippen LogP contribution < -0.4 is 0 Å². The van der Waals surface area contributed by atoms with Gasteiger partial charge in [-0.3, -0.25) is 0 Å². The molecule has 0 aromatic heterocycles. The van der Waals surface area contributed by atoms with Crippen LogP contribution in [0.5, 0.6) is 0 Å². The molecule has 0 unspecified atom stereocenters. The quantitative estimate of drug-likeness (QED) is 0.258. The highest BCUT2D eigenvalue weighted by Gasteiger charge is 2.46. The van der Waals surface area contributed by atoms with Gasteiger partial charge in [-0.05, 0) is 108 Å². The minimum absolute atomic E-state index is 0.160. The molecule has 6 aliphatic carbocycles. The zero-order valence-corrected chi connectivity index (χ0v) is 40.8. The molecule has 0 nitrogen and oxygen atoms in total. The SMILES string of the molecule is CC1C2CC3CC(C2)CC1C3.CC1CCCC1.CC1CCCCC1.CCCC(C)C.[2H]C([2H])([2H])C(C([2H])([2H])[2H])(C([2H])([2H])[2H])C([2H])([2H])C.[2H]C([2H])([2H])C(CC)(C([2H])([2H])[2H])C([2H])([2H])[2H].[2H]C([2H])([2H])C(CC)C([2H])([2H])[2H].[2H]C([2H])([2H])C([2H])(C([2H])([2H])[2H])C([2H])([2H])C.[2H]C([2H])([2H])C([2H])(CC)C([2H])([2H])[2H].[2H]C([2H])([2H])CC. The van der Waals surface area contributed by atoms with E-state index in [1.165, 1.54) is 84.5 Å². The summed E-state index contributed by atoms with van der Waals surface area (Å²) in [5.74, 6) is 2.05. The Kier molecular flexibility index (Phi) is 15.4. The summed E-state index contributed by atoms with van der Waals surface area (Å²) >= 11 is 0. The van der Waals surface area contributed by atoms with Gasteiger partial charge in [0.15, 0.2) is 0 Å². The number of hydrogen-bond acceptors (Lipinski definition) is 0. The molecule has 6 fully saturated rings.